The first kappa shape index (κ1) is 16.4. The Kier molecular flexibility index (Phi) is 5.05. The molecule has 6 nitrogen and oxygen atoms in total. The van der Waals surface area contributed by atoms with Crippen molar-refractivity contribution in [2.75, 3.05) is 24.6 Å². The molecule has 24 heavy (non-hydrogen) atoms. The van der Waals surface area contributed by atoms with Crippen LogP contribution in [0.3, 0.4) is 0 Å². The van der Waals surface area contributed by atoms with Gasteiger partial charge in [-0.25, -0.2) is 9.97 Å². The largest absolute Gasteiger partial charge is 0.396 e. The van der Waals surface area contributed by atoms with Gasteiger partial charge in [-0.15, -0.1) is 0 Å². The summed E-state index contributed by atoms with van der Waals surface area (Å²) in [5.41, 5.74) is 7.31. The number of nitrogens with zero attached hydrogens (tertiary/aromatic N) is 3. The number of primary amides is 1. The zero-order chi connectivity index (χ0) is 16.9. The number of carbonyl (C=O) groups excluding carboxylic acids is 1. The van der Waals surface area contributed by atoms with E-state index in [2.05, 4.69) is 14.9 Å². The van der Waals surface area contributed by atoms with Crippen LogP contribution in [-0.4, -0.2) is 40.7 Å². The summed E-state index contributed by atoms with van der Waals surface area (Å²) in [6.45, 7) is 1.87. The quantitative estimate of drug-likeness (QED) is 0.874. The van der Waals surface area contributed by atoms with E-state index >= 15 is 0 Å². The number of piperidine rings is 1. The summed E-state index contributed by atoms with van der Waals surface area (Å²) in [6, 6.07) is 11.3. The molecule has 0 unspecified atom stereocenters. The van der Waals surface area contributed by atoms with Crippen molar-refractivity contribution in [2.45, 2.75) is 19.3 Å². The van der Waals surface area contributed by atoms with Crippen LogP contribution in [0, 0.1) is 5.92 Å². The molecule has 1 saturated heterocycles. The molecule has 0 bridgehead atoms. The number of hydrogen-bond acceptors (Lipinski definition) is 5. The molecular formula is C18H22N4O2. The van der Waals surface area contributed by atoms with E-state index < -0.39 is 5.91 Å². The SMILES string of the molecule is NC(=O)c1cc(-c2ccccc2)nc(N2CCC(CCO)CC2)n1. The van der Waals surface area contributed by atoms with Crippen LogP contribution in [0.1, 0.15) is 29.8 Å². The van der Waals surface area contributed by atoms with Crippen LogP contribution in [0.25, 0.3) is 11.3 Å². The van der Waals surface area contributed by atoms with Gasteiger partial charge < -0.3 is 15.7 Å². The predicted octanol–water partition coefficient (Wildman–Crippen LogP) is 1.84. The summed E-state index contributed by atoms with van der Waals surface area (Å²) in [5, 5.41) is 9.07. The highest BCUT2D eigenvalue weighted by Gasteiger charge is 2.22. The topological polar surface area (TPSA) is 92.3 Å². The molecule has 0 atom stereocenters. The summed E-state index contributed by atoms with van der Waals surface area (Å²) in [4.78, 5) is 22.7. The van der Waals surface area contributed by atoms with Gasteiger partial charge in [-0.3, -0.25) is 4.79 Å². The minimum absolute atomic E-state index is 0.233. The average Bonchev–Trinajstić information content (AvgIpc) is 2.63. The third-order valence-electron chi connectivity index (χ3n) is 4.47. The maximum atomic E-state index is 11.6. The van der Waals surface area contributed by atoms with Gasteiger partial charge >= 0.3 is 0 Å². The van der Waals surface area contributed by atoms with E-state index in [9.17, 15) is 4.79 Å². The van der Waals surface area contributed by atoms with Crippen molar-refractivity contribution >= 4 is 11.9 Å². The fourth-order valence-electron chi connectivity index (χ4n) is 3.06. The van der Waals surface area contributed by atoms with Crippen LogP contribution in [0.4, 0.5) is 5.95 Å². The standard InChI is InChI=1S/C18H22N4O2/c19-17(24)16-12-15(14-4-2-1-3-5-14)20-18(21-16)22-9-6-13(7-10-22)8-11-23/h1-5,12-13,23H,6-11H2,(H2,19,24). The van der Waals surface area contributed by atoms with Gasteiger partial charge in [-0.2, -0.15) is 0 Å². The molecule has 0 radical (unpaired) electrons. The maximum absolute atomic E-state index is 11.6. The number of aliphatic hydroxyl groups excluding tert-OH is 1. The van der Waals surface area contributed by atoms with Gasteiger partial charge in [-0.1, -0.05) is 30.3 Å². The number of rotatable bonds is 5. The normalized spacial score (nSPS) is 15.5. The molecule has 1 aromatic carbocycles. The van der Waals surface area contributed by atoms with Crippen molar-refractivity contribution < 1.29 is 9.90 Å². The minimum Gasteiger partial charge on any atom is -0.396 e. The van der Waals surface area contributed by atoms with Crippen molar-refractivity contribution in [2.24, 2.45) is 11.7 Å². The van der Waals surface area contributed by atoms with E-state index in [4.69, 9.17) is 10.8 Å². The molecule has 3 rings (SSSR count). The van der Waals surface area contributed by atoms with E-state index in [1.807, 2.05) is 30.3 Å². The van der Waals surface area contributed by atoms with Gasteiger partial charge in [0.1, 0.15) is 5.69 Å². The molecule has 2 heterocycles. The molecule has 3 N–H and O–H groups in total. The van der Waals surface area contributed by atoms with Gasteiger partial charge in [0.05, 0.1) is 5.69 Å². The lowest BCUT2D eigenvalue weighted by molar-refractivity contribution is 0.0995. The van der Waals surface area contributed by atoms with Crippen LogP contribution < -0.4 is 10.6 Å². The molecule has 6 heteroatoms. The third-order valence-corrected chi connectivity index (χ3v) is 4.47. The first-order valence-electron chi connectivity index (χ1n) is 8.27. The van der Waals surface area contributed by atoms with E-state index in [0.29, 0.717) is 17.6 Å². The number of amides is 1. The van der Waals surface area contributed by atoms with Crippen molar-refractivity contribution in [3.05, 3.63) is 42.1 Å². The first-order chi connectivity index (χ1) is 11.7. The second kappa shape index (κ2) is 7.40. The number of anilines is 1. The number of hydrogen-bond donors (Lipinski definition) is 2. The Balaban J connectivity index is 1.88. The van der Waals surface area contributed by atoms with Crippen molar-refractivity contribution in [3.8, 4) is 11.3 Å². The average molecular weight is 326 g/mol. The Morgan fingerprint density at radius 3 is 2.54 bits per heavy atom. The van der Waals surface area contributed by atoms with Gasteiger partial charge in [0, 0.05) is 25.3 Å². The predicted molar refractivity (Wildman–Crippen MR) is 92.6 cm³/mol. The minimum atomic E-state index is -0.550. The highest BCUT2D eigenvalue weighted by molar-refractivity contribution is 5.92. The Labute approximate surface area is 141 Å². The maximum Gasteiger partial charge on any atom is 0.267 e. The molecular weight excluding hydrogens is 304 g/mol. The second-order valence-electron chi connectivity index (χ2n) is 6.11. The lowest BCUT2D eigenvalue weighted by atomic mass is 9.94. The Hall–Kier alpha value is -2.47. The van der Waals surface area contributed by atoms with Crippen LogP contribution in [0.15, 0.2) is 36.4 Å². The molecule has 1 aliphatic heterocycles. The number of aromatic nitrogens is 2. The van der Waals surface area contributed by atoms with Crippen molar-refractivity contribution in [1.29, 1.82) is 0 Å². The van der Waals surface area contributed by atoms with Crippen molar-refractivity contribution in [3.63, 3.8) is 0 Å². The van der Waals surface area contributed by atoms with Crippen LogP contribution >= 0.6 is 0 Å². The molecule has 1 fully saturated rings. The zero-order valence-corrected chi connectivity index (χ0v) is 13.6. The Bertz CT molecular complexity index is 697. The summed E-state index contributed by atoms with van der Waals surface area (Å²) in [7, 11) is 0. The summed E-state index contributed by atoms with van der Waals surface area (Å²) in [6.07, 6.45) is 2.82. The van der Waals surface area contributed by atoms with E-state index in [-0.39, 0.29) is 12.3 Å². The fourth-order valence-corrected chi connectivity index (χ4v) is 3.06. The van der Waals surface area contributed by atoms with Gasteiger partial charge in [0.15, 0.2) is 0 Å². The smallest absolute Gasteiger partial charge is 0.267 e. The van der Waals surface area contributed by atoms with E-state index in [1.165, 1.54) is 0 Å². The summed E-state index contributed by atoms with van der Waals surface area (Å²) in [5.74, 6) is 0.540. The van der Waals surface area contributed by atoms with Gasteiger partial charge in [0.25, 0.3) is 5.91 Å². The Morgan fingerprint density at radius 1 is 1.21 bits per heavy atom. The third kappa shape index (κ3) is 3.71. The second-order valence-corrected chi connectivity index (χ2v) is 6.11. The van der Waals surface area contributed by atoms with E-state index in [0.717, 1.165) is 37.9 Å². The van der Waals surface area contributed by atoms with Gasteiger partial charge in [-0.05, 0) is 31.2 Å². The van der Waals surface area contributed by atoms with Gasteiger partial charge in [0.2, 0.25) is 5.95 Å². The highest BCUT2D eigenvalue weighted by atomic mass is 16.3. The van der Waals surface area contributed by atoms with Crippen LogP contribution in [-0.2, 0) is 0 Å². The molecule has 0 saturated carbocycles. The summed E-state index contributed by atoms with van der Waals surface area (Å²) >= 11 is 0. The fraction of sp³-hybridized carbons (Fsp3) is 0.389. The molecule has 1 amide bonds. The molecule has 0 aliphatic carbocycles. The molecule has 126 valence electrons. The van der Waals surface area contributed by atoms with Crippen LogP contribution in [0.5, 0.6) is 0 Å². The molecule has 2 aromatic rings. The molecule has 0 spiro atoms. The monoisotopic (exact) mass is 326 g/mol. The number of carbonyl (C=O) groups is 1. The molecule has 1 aromatic heterocycles. The van der Waals surface area contributed by atoms with E-state index in [1.54, 1.807) is 6.07 Å². The zero-order valence-electron chi connectivity index (χ0n) is 13.6. The molecule has 1 aliphatic rings. The number of aliphatic hydroxyl groups is 1. The first-order valence-corrected chi connectivity index (χ1v) is 8.27. The highest BCUT2D eigenvalue weighted by Crippen LogP contribution is 2.25. The van der Waals surface area contributed by atoms with Crippen molar-refractivity contribution in [1.82, 2.24) is 9.97 Å². The number of nitrogens with two attached hydrogens (primary N) is 1. The van der Waals surface area contributed by atoms with Crippen LogP contribution in [0.2, 0.25) is 0 Å². The number of benzene rings is 1. The summed E-state index contributed by atoms with van der Waals surface area (Å²) < 4.78 is 0. The lowest BCUT2D eigenvalue weighted by Gasteiger charge is -2.32. The Morgan fingerprint density at radius 2 is 1.92 bits per heavy atom. The lowest BCUT2D eigenvalue weighted by Crippen LogP contribution is -2.35.